The molecule has 4 aliphatic rings. The van der Waals surface area contributed by atoms with Gasteiger partial charge in [-0.05, 0) is 25.5 Å². The topological polar surface area (TPSA) is 212 Å². The van der Waals surface area contributed by atoms with E-state index in [0.717, 1.165) is 13.5 Å². The lowest BCUT2D eigenvalue weighted by molar-refractivity contribution is -0.245. The molecule has 15 heteroatoms. The monoisotopic (exact) mass is 781 g/mol. The van der Waals surface area contributed by atoms with Gasteiger partial charge in [0.25, 0.3) is 10.9 Å². The van der Waals surface area contributed by atoms with Gasteiger partial charge in [-0.25, -0.2) is 0 Å². The lowest BCUT2D eigenvalue weighted by atomic mass is 9.72. The average molecular weight is 782 g/mol. The van der Waals surface area contributed by atoms with E-state index in [-0.39, 0.29) is 45.8 Å². The summed E-state index contributed by atoms with van der Waals surface area (Å²) in [5.74, 6) is -3.48. The maximum Gasteiger partial charge on any atom is 0.253 e. The van der Waals surface area contributed by atoms with Crippen molar-refractivity contribution in [1.82, 2.24) is 4.90 Å². The third kappa shape index (κ3) is 6.39. The molecule has 2 saturated heterocycles. The number of rotatable bonds is 9. The summed E-state index contributed by atoms with van der Waals surface area (Å²) in [7, 11) is 1.33. The molecule has 5 N–H and O–H groups in total. The number of hydrogen-bond donors (Lipinski definition) is 5. The predicted molar refractivity (Wildman–Crippen MR) is 205 cm³/mol. The Morgan fingerprint density at radius 2 is 1.63 bits per heavy atom. The number of phenolic OH excluding ortho intramolecular Hbond substituents is 2. The van der Waals surface area contributed by atoms with Crippen LogP contribution in [-0.2, 0) is 27.2 Å². The van der Waals surface area contributed by atoms with E-state index in [1.54, 1.807) is 6.92 Å². The summed E-state index contributed by atoms with van der Waals surface area (Å²) in [6, 6.07) is 13.6. The first-order chi connectivity index (χ1) is 27.2. The van der Waals surface area contributed by atoms with E-state index in [1.165, 1.54) is 30.9 Å². The SMILES string of the molecule is COc1cccc2c1C(=O)c1c(O)c3c(c(O)c1C2=O)C[C@@](O)(C(C)=O)C[C@@H]3O[C@H]1C[C@H](Nc2c(N3CCN(Cc4ccccc4)CC3)c(=O)c2=O)[C@H](O)[C@H](C)O1. The zero-order valence-electron chi connectivity index (χ0n) is 31.6. The number of aromatic hydroxyl groups is 2. The van der Waals surface area contributed by atoms with Crippen molar-refractivity contribution in [2.45, 2.75) is 75.9 Å². The Kier molecular flexibility index (Phi) is 9.77. The van der Waals surface area contributed by atoms with Crippen molar-refractivity contribution >= 4 is 28.7 Å². The van der Waals surface area contributed by atoms with E-state index in [2.05, 4.69) is 22.3 Å². The van der Waals surface area contributed by atoms with Gasteiger partial charge < -0.3 is 44.9 Å². The van der Waals surface area contributed by atoms with Crippen molar-refractivity contribution < 1.29 is 49.0 Å². The van der Waals surface area contributed by atoms with Crippen LogP contribution in [0.2, 0.25) is 0 Å². The van der Waals surface area contributed by atoms with Gasteiger partial charge in [-0.3, -0.25) is 28.9 Å². The molecule has 2 aliphatic carbocycles. The molecule has 8 rings (SSSR count). The third-order valence-corrected chi connectivity index (χ3v) is 11.9. The Bertz CT molecular complexity index is 2360. The summed E-state index contributed by atoms with van der Waals surface area (Å²) in [4.78, 5) is 70.8. The molecule has 2 heterocycles. The molecule has 0 saturated carbocycles. The molecule has 4 aromatic carbocycles. The third-order valence-electron chi connectivity index (χ3n) is 11.9. The lowest BCUT2D eigenvalue weighted by Crippen LogP contribution is -2.55. The lowest BCUT2D eigenvalue weighted by Gasteiger charge is -2.43. The molecule has 0 unspecified atom stereocenters. The standard InChI is InChI=1S/C42H43N3O12/c1-20-35(47)25(43-33-34(41(53)40(33)52)45-14-12-44(13-15-45)19-22-8-5-4-6-9-22)16-28(56-20)57-27-18-42(54,21(2)46)17-24-30(27)39(51)32-31(37(24)49)36(48)23-10-7-11-26(55-3)29(23)38(32)50/h4-11,20,25,27-28,35,43,47,49,51,54H,12-19H2,1-3H3/t20-,25-,27-,28-,35+,42-/m0/s1. The molecule has 57 heavy (non-hydrogen) atoms. The number of anilines is 2. The van der Waals surface area contributed by atoms with Crippen LogP contribution in [0.15, 0.2) is 58.1 Å². The Balaban J connectivity index is 1.07. The van der Waals surface area contributed by atoms with Crippen LogP contribution in [0.25, 0.3) is 0 Å². The van der Waals surface area contributed by atoms with Crippen molar-refractivity contribution in [2.75, 3.05) is 43.5 Å². The zero-order valence-corrected chi connectivity index (χ0v) is 31.6. The highest BCUT2D eigenvalue weighted by atomic mass is 16.7. The van der Waals surface area contributed by atoms with E-state index in [1.807, 2.05) is 23.1 Å². The molecule has 2 aliphatic heterocycles. The van der Waals surface area contributed by atoms with Gasteiger partial charge in [0.05, 0.1) is 42.0 Å². The highest BCUT2D eigenvalue weighted by Gasteiger charge is 2.50. The number of piperazine rings is 1. The van der Waals surface area contributed by atoms with Crippen LogP contribution in [0.3, 0.4) is 0 Å². The number of nitrogens with zero attached hydrogens (tertiary/aromatic N) is 2. The van der Waals surface area contributed by atoms with Gasteiger partial charge in [-0.1, -0.05) is 42.5 Å². The van der Waals surface area contributed by atoms with Crippen molar-refractivity contribution in [3.8, 4) is 17.2 Å². The molecule has 298 valence electrons. The van der Waals surface area contributed by atoms with E-state index in [9.17, 15) is 44.4 Å². The van der Waals surface area contributed by atoms with E-state index in [0.29, 0.717) is 26.2 Å². The number of aliphatic hydroxyl groups is 2. The van der Waals surface area contributed by atoms with Crippen molar-refractivity contribution in [3.63, 3.8) is 0 Å². The number of carbonyl (C=O) groups excluding carboxylic acids is 3. The van der Waals surface area contributed by atoms with Crippen molar-refractivity contribution in [3.05, 3.63) is 108 Å². The molecule has 6 atom stereocenters. The fourth-order valence-corrected chi connectivity index (χ4v) is 8.74. The van der Waals surface area contributed by atoms with Gasteiger partial charge in [0.1, 0.15) is 40.3 Å². The van der Waals surface area contributed by atoms with E-state index in [4.69, 9.17) is 14.2 Å². The van der Waals surface area contributed by atoms with Crippen molar-refractivity contribution in [1.29, 1.82) is 0 Å². The molecule has 4 aromatic rings. The van der Waals surface area contributed by atoms with E-state index < -0.39 is 99.9 Å². The van der Waals surface area contributed by atoms with Gasteiger partial charge in [-0.15, -0.1) is 0 Å². The number of phenols is 2. The summed E-state index contributed by atoms with van der Waals surface area (Å²) < 4.78 is 17.7. The number of ketones is 3. The first kappa shape index (κ1) is 38.4. The number of aliphatic hydroxyl groups excluding tert-OH is 1. The highest BCUT2D eigenvalue weighted by Crippen LogP contribution is 2.52. The minimum absolute atomic E-state index is 0.0520. The summed E-state index contributed by atoms with van der Waals surface area (Å²) in [6.07, 6.45) is -5.63. The molecular formula is C42H43N3O12. The van der Waals surface area contributed by atoms with Crippen LogP contribution in [0, 0.1) is 0 Å². The molecule has 15 nitrogen and oxygen atoms in total. The second-order valence-electron chi connectivity index (χ2n) is 15.4. The van der Waals surface area contributed by atoms with Crippen LogP contribution >= 0.6 is 0 Å². The summed E-state index contributed by atoms with van der Waals surface area (Å²) >= 11 is 0. The number of methoxy groups -OCH3 is 1. The Morgan fingerprint density at radius 1 is 0.930 bits per heavy atom. The van der Waals surface area contributed by atoms with Gasteiger partial charge in [0.2, 0.25) is 5.78 Å². The largest absolute Gasteiger partial charge is 0.507 e. The summed E-state index contributed by atoms with van der Waals surface area (Å²) in [6.45, 7) is 5.86. The van der Waals surface area contributed by atoms with E-state index >= 15 is 0 Å². The molecule has 0 bridgehead atoms. The number of benzene rings is 3. The maximum atomic E-state index is 14.0. The van der Waals surface area contributed by atoms with Crippen LogP contribution in [-0.4, -0.2) is 106 Å². The number of nitrogens with one attached hydrogen (secondary N) is 1. The first-order valence-corrected chi connectivity index (χ1v) is 18.9. The smallest absolute Gasteiger partial charge is 0.253 e. The van der Waals surface area contributed by atoms with Gasteiger partial charge in [0, 0.05) is 68.7 Å². The molecular weight excluding hydrogens is 738 g/mol. The molecule has 0 amide bonds. The summed E-state index contributed by atoms with van der Waals surface area (Å²) in [5.41, 5.74) is -3.30. The molecule has 0 spiro atoms. The minimum atomic E-state index is -2.11. The maximum absolute atomic E-state index is 14.0. The van der Waals surface area contributed by atoms with Gasteiger partial charge in [-0.2, -0.15) is 0 Å². The predicted octanol–water partition coefficient (Wildman–Crippen LogP) is 2.10. The first-order valence-electron chi connectivity index (χ1n) is 18.9. The normalized spacial score (nSPS) is 26.1. The highest BCUT2D eigenvalue weighted by molar-refractivity contribution is 6.31. The molecule has 0 radical (unpaired) electrons. The zero-order chi connectivity index (χ0) is 40.5. The minimum Gasteiger partial charge on any atom is -0.507 e. The van der Waals surface area contributed by atoms with Gasteiger partial charge >= 0.3 is 0 Å². The molecule has 0 aromatic heterocycles. The number of fused-ring (bicyclic) bond motifs is 3. The van der Waals surface area contributed by atoms with Crippen LogP contribution in [0.1, 0.15) is 81.3 Å². The Morgan fingerprint density at radius 3 is 2.32 bits per heavy atom. The van der Waals surface area contributed by atoms with Crippen LogP contribution < -0.4 is 25.8 Å². The van der Waals surface area contributed by atoms with Crippen LogP contribution in [0.5, 0.6) is 17.2 Å². The number of Topliss-reactive ketones (excluding diaryl/α,β-unsaturated/α-hetero) is 1. The number of hydrogen-bond acceptors (Lipinski definition) is 15. The van der Waals surface area contributed by atoms with Gasteiger partial charge in [0.15, 0.2) is 17.9 Å². The average Bonchev–Trinajstić information content (AvgIpc) is 3.20. The second-order valence-corrected chi connectivity index (χ2v) is 15.4. The van der Waals surface area contributed by atoms with Crippen molar-refractivity contribution in [2.24, 2.45) is 0 Å². The number of carbonyl (C=O) groups is 3. The second kappa shape index (κ2) is 14.5. The molecule has 2 fully saturated rings. The Labute approximate surface area is 326 Å². The number of ether oxygens (including phenoxy) is 3. The van der Waals surface area contributed by atoms with Crippen LogP contribution in [0.4, 0.5) is 11.4 Å². The summed E-state index contributed by atoms with van der Waals surface area (Å²) in [5, 5.41) is 49.4. The fraction of sp³-hybridized carbons (Fsp3) is 0.405. The fourth-order valence-electron chi connectivity index (χ4n) is 8.74. The quantitative estimate of drug-likeness (QED) is 0.107. The Hall–Kier alpha value is -5.45.